The van der Waals surface area contributed by atoms with Gasteiger partial charge in [-0.1, -0.05) is 20.8 Å². The van der Waals surface area contributed by atoms with Gasteiger partial charge in [-0.25, -0.2) is 0 Å². The van der Waals surface area contributed by atoms with Gasteiger partial charge in [-0.2, -0.15) is 0 Å². The van der Waals surface area contributed by atoms with Gasteiger partial charge in [0.05, 0.1) is 47.7 Å². The first-order valence-electron chi connectivity index (χ1n) is 9.61. The van der Waals surface area contributed by atoms with Gasteiger partial charge in [0.25, 0.3) is 0 Å². The summed E-state index contributed by atoms with van der Waals surface area (Å²) in [7, 11) is 12.4. The van der Waals surface area contributed by atoms with Crippen LogP contribution in [0.1, 0.15) is 47.5 Å². The van der Waals surface area contributed by atoms with E-state index in [-0.39, 0.29) is 48.0 Å². The van der Waals surface area contributed by atoms with Gasteiger partial charge in [0, 0.05) is 5.92 Å². The number of hydrogen-bond acceptors (Lipinski definition) is 3. The predicted octanol–water partition coefficient (Wildman–Crippen LogP) is -3.51. The SMILES string of the molecule is CCC(C)(C)C(=O)OCC[N+](C)(C)C.CCC(C)C(=O)NC[N+](C)(C)C.[Cl-].[Cl-]. The molecule has 0 aromatic heterocycles. The predicted molar refractivity (Wildman–Crippen MR) is 108 cm³/mol. The highest BCUT2D eigenvalue weighted by molar-refractivity contribution is 5.78. The van der Waals surface area contributed by atoms with Gasteiger partial charge in [-0.3, -0.25) is 9.59 Å². The monoisotopic (exact) mass is 445 g/mol. The van der Waals surface area contributed by atoms with Crippen LogP contribution in [0.15, 0.2) is 0 Å². The fourth-order valence-corrected chi connectivity index (χ4v) is 1.43. The molecule has 1 amide bonds. The van der Waals surface area contributed by atoms with Crippen LogP contribution in [0.5, 0.6) is 0 Å². The van der Waals surface area contributed by atoms with Crippen LogP contribution in [0.2, 0.25) is 0 Å². The summed E-state index contributed by atoms with van der Waals surface area (Å²) in [5.41, 5.74) is -0.342. The average molecular weight is 447 g/mol. The second kappa shape index (κ2) is 15.3. The molecule has 0 fully saturated rings. The molecule has 0 spiro atoms. The second-order valence-corrected chi connectivity index (χ2v) is 9.69. The third-order valence-corrected chi connectivity index (χ3v) is 4.22. The Kier molecular flexibility index (Phi) is 19.1. The largest absolute Gasteiger partial charge is 1.00 e. The lowest BCUT2D eigenvalue weighted by Gasteiger charge is -2.25. The van der Waals surface area contributed by atoms with E-state index in [1.165, 1.54) is 0 Å². The van der Waals surface area contributed by atoms with E-state index in [0.717, 1.165) is 28.4 Å². The summed E-state index contributed by atoms with van der Waals surface area (Å²) in [4.78, 5) is 22.9. The van der Waals surface area contributed by atoms with Gasteiger partial charge in [0.1, 0.15) is 13.2 Å². The topological polar surface area (TPSA) is 55.4 Å². The molecule has 172 valence electrons. The third kappa shape index (κ3) is 20.2. The summed E-state index contributed by atoms with van der Waals surface area (Å²) in [6.45, 7) is 11.9. The normalized spacial score (nSPS) is 12.4. The Morgan fingerprint density at radius 2 is 1.43 bits per heavy atom. The average Bonchev–Trinajstić information content (AvgIpc) is 2.50. The van der Waals surface area contributed by atoms with E-state index in [4.69, 9.17) is 4.74 Å². The molecule has 0 aromatic rings. The van der Waals surface area contributed by atoms with E-state index >= 15 is 0 Å². The zero-order valence-electron chi connectivity index (χ0n) is 20.0. The quantitative estimate of drug-likeness (QED) is 0.227. The fourth-order valence-electron chi connectivity index (χ4n) is 1.43. The van der Waals surface area contributed by atoms with Crippen LogP contribution >= 0.6 is 0 Å². The molecule has 28 heavy (non-hydrogen) atoms. The first kappa shape index (κ1) is 34.9. The van der Waals surface area contributed by atoms with Crippen LogP contribution in [0.3, 0.4) is 0 Å². The fraction of sp³-hybridized carbons (Fsp3) is 0.900. The van der Waals surface area contributed by atoms with E-state index in [1.54, 1.807) is 0 Å². The number of ether oxygens (including phenoxy) is 1. The summed E-state index contributed by atoms with van der Waals surface area (Å²) in [5.74, 6) is 0.204. The molecular weight excluding hydrogens is 401 g/mol. The Morgan fingerprint density at radius 3 is 1.75 bits per heavy atom. The van der Waals surface area contributed by atoms with E-state index in [9.17, 15) is 9.59 Å². The highest BCUT2D eigenvalue weighted by Crippen LogP contribution is 2.21. The summed E-state index contributed by atoms with van der Waals surface area (Å²) in [6, 6.07) is 0. The zero-order chi connectivity index (χ0) is 21.2. The van der Waals surface area contributed by atoms with E-state index < -0.39 is 0 Å². The first-order valence-corrected chi connectivity index (χ1v) is 9.61. The molecule has 0 aliphatic carbocycles. The maximum absolute atomic E-state index is 11.6. The van der Waals surface area contributed by atoms with Crippen molar-refractivity contribution in [2.75, 3.05) is 62.1 Å². The van der Waals surface area contributed by atoms with Crippen LogP contribution < -0.4 is 30.1 Å². The molecule has 0 aliphatic heterocycles. The van der Waals surface area contributed by atoms with Crippen molar-refractivity contribution < 1.29 is 48.1 Å². The van der Waals surface area contributed by atoms with Crippen molar-refractivity contribution >= 4 is 11.9 Å². The van der Waals surface area contributed by atoms with Gasteiger partial charge in [0.15, 0.2) is 6.67 Å². The molecule has 1 atom stereocenters. The van der Waals surface area contributed by atoms with Crippen molar-refractivity contribution in [2.24, 2.45) is 11.3 Å². The first-order chi connectivity index (χ1) is 11.6. The van der Waals surface area contributed by atoms with Gasteiger partial charge >= 0.3 is 5.97 Å². The number of likely N-dealkylation sites (N-methyl/N-ethyl adjacent to an activating group) is 1. The Morgan fingerprint density at radius 1 is 0.964 bits per heavy atom. The zero-order valence-corrected chi connectivity index (χ0v) is 21.5. The van der Waals surface area contributed by atoms with Crippen molar-refractivity contribution in [3.63, 3.8) is 0 Å². The molecular formula is C20H45Cl2N3O3. The number of quaternary nitrogens is 2. The maximum Gasteiger partial charge on any atom is 0.311 e. The molecule has 0 saturated heterocycles. The summed E-state index contributed by atoms with van der Waals surface area (Å²) >= 11 is 0. The number of nitrogens with one attached hydrogen (secondary N) is 1. The van der Waals surface area contributed by atoms with Crippen molar-refractivity contribution in [1.29, 1.82) is 0 Å². The van der Waals surface area contributed by atoms with Gasteiger partial charge in [-0.15, -0.1) is 0 Å². The molecule has 0 aliphatic rings. The second-order valence-electron chi connectivity index (χ2n) is 9.69. The molecule has 6 nitrogen and oxygen atoms in total. The van der Waals surface area contributed by atoms with Crippen LogP contribution in [0, 0.1) is 11.3 Å². The van der Waals surface area contributed by atoms with Gasteiger partial charge in [-0.05, 0) is 26.7 Å². The highest BCUT2D eigenvalue weighted by atomic mass is 35.5. The van der Waals surface area contributed by atoms with E-state index in [0.29, 0.717) is 13.3 Å². The minimum Gasteiger partial charge on any atom is -1.00 e. The molecule has 1 unspecified atom stereocenters. The molecule has 0 saturated carbocycles. The number of rotatable bonds is 9. The van der Waals surface area contributed by atoms with Crippen LogP contribution in [-0.2, 0) is 14.3 Å². The Bertz CT molecular complexity index is 431. The number of amides is 1. The van der Waals surface area contributed by atoms with Crippen molar-refractivity contribution in [3.05, 3.63) is 0 Å². The van der Waals surface area contributed by atoms with Crippen LogP contribution in [0.25, 0.3) is 0 Å². The van der Waals surface area contributed by atoms with Crippen molar-refractivity contribution in [2.45, 2.75) is 47.5 Å². The van der Waals surface area contributed by atoms with E-state index in [1.807, 2.05) is 34.6 Å². The summed E-state index contributed by atoms with van der Waals surface area (Å²) < 4.78 is 6.80. The summed E-state index contributed by atoms with van der Waals surface area (Å²) in [6.07, 6.45) is 1.72. The minimum absolute atomic E-state index is 0. The standard InChI is InChI=1S/C11H24NO2.C9H20N2O.2ClH/c1-7-11(2,3)10(13)14-9-8-12(4,5)6;1-6-8(2)9(12)10-7-11(3,4)5;;/h7-9H2,1-6H3;8H,6-7H2,1-5H3;2*1H/q+1;;;/p-1. The maximum atomic E-state index is 11.6. The lowest BCUT2D eigenvalue weighted by atomic mass is 9.91. The molecule has 1 N–H and O–H groups in total. The van der Waals surface area contributed by atoms with Gasteiger partial charge in [0.2, 0.25) is 5.91 Å². The summed E-state index contributed by atoms with van der Waals surface area (Å²) in [5, 5.41) is 2.91. The minimum atomic E-state index is -0.342. The number of carbonyl (C=O) groups excluding carboxylic acids is 2. The lowest BCUT2D eigenvalue weighted by Crippen LogP contribution is -3.00. The number of halogens is 2. The number of hydrogen-bond donors (Lipinski definition) is 1. The lowest BCUT2D eigenvalue weighted by molar-refractivity contribution is -0.872. The number of nitrogens with zero attached hydrogens (tertiary/aromatic N) is 2. The Hall–Kier alpha value is -0.560. The Labute approximate surface area is 186 Å². The third-order valence-electron chi connectivity index (χ3n) is 4.22. The van der Waals surface area contributed by atoms with Crippen LogP contribution in [-0.4, -0.2) is 82.9 Å². The highest BCUT2D eigenvalue weighted by Gasteiger charge is 2.27. The van der Waals surface area contributed by atoms with Crippen molar-refractivity contribution in [3.8, 4) is 0 Å². The van der Waals surface area contributed by atoms with Crippen molar-refractivity contribution in [1.82, 2.24) is 5.32 Å². The van der Waals surface area contributed by atoms with Gasteiger partial charge < -0.3 is 43.8 Å². The molecule has 0 heterocycles. The molecule has 0 bridgehead atoms. The molecule has 8 heteroatoms. The Balaban J connectivity index is -0.000000194. The molecule has 0 radical (unpaired) electrons. The molecule has 0 aromatic carbocycles. The number of carbonyl (C=O) groups is 2. The number of esters is 1. The smallest absolute Gasteiger partial charge is 0.311 e. The van der Waals surface area contributed by atoms with E-state index in [2.05, 4.69) is 47.6 Å². The molecule has 0 rings (SSSR count). The van der Waals surface area contributed by atoms with Crippen LogP contribution in [0.4, 0.5) is 0 Å².